The molecule has 4 heterocycles. The van der Waals surface area contributed by atoms with Crippen molar-refractivity contribution in [2.45, 2.75) is 40.2 Å². The topological polar surface area (TPSA) is 142 Å². The number of amides is 2. The number of pyridine rings is 2. The van der Waals surface area contributed by atoms with Gasteiger partial charge in [0, 0.05) is 0 Å². The molecule has 0 atom stereocenters. The molecule has 0 aliphatic rings. The van der Waals surface area contributed by atoms with Crippen LogP contribution in [-0.4, -0.2) is 52.3 Å². The van der Waals surface area contributed by atoms with Crippen LogP contribution >= 0.6 is 11.6 Å². The van der Waals surface area contributed by atoms with Gasteiger partial charge in [-0.25, -0.2) is 23.8 Å². The van der Waals surface area contributed by atoms with Crippen molar-refractivity contribution in [3.63, 3.8) is 0 Å². The fourth-order valence-corrected chi connectivity index (χ4v) is 3.53. The van der Waals surface area contributed by atoms with E-state index < -0.39 is 23.4 Å². The zero-order chi connectivity index (χ0) is 26.9. The number of hydrogen-bond donors (Lipinski definition) is 2. The van der Waals surface area contributed by atoms with Crippen molar-refractivity contribution in [1.82, 2.24) is 34.7 Å². The summed E-state index contributed by atoms with van der Waals surface area (Å²) in [6, 6.07) is 2.73. The van der Waals surface area contributed by atoms with Crippen LogP contribution in [0.3, 0.4) is 0 Å². The first-order valence-corrected chi connectivity index (χ1v) is 11.4. The molecule has 0 saturated carbocycles. The first-order valence-electron chi connectivity index (χ1n) is 11.0. The van der Waals surface area contributed by atoms with Crippen LogP contribution in [0.2, 0.25) is 5.02 Å². The molecule has 0 spiro atoms. The average Bonchev–Trinajstić information content (AvgIpc) is 3.45. The standard InChI is InChI=1S/C23H23ClFN9O3/c1-12-8-17(25)18(32-22(36)37-23(3,4)5)31-19(12)33-13(2)15(11-29-33)21(35)30-14-9-16(24)20(26-10-14)34-27-6-7-28-34/h6-11H,1-5H3,(H,30,35)(H,31,32,36). The van der Waals surface area contributed by atoms with E-state index in [9.17, 15) is 14.0 Å². The highest BCUT2D eigenvalue weighted by molar-refractivity contribution is 6.32. The molecule has 0 saturated heterocycles. The van der Waals surface area contributed by atoms with E-state index in [1.165, 1.54) is 46.4 Å². The Hall–Kier alpha value is -4.39. The van der Waals surface area contributed by atoms with E-state index in [1.54, 1.807) is 34.6 Å². The second-order valence-corrected chi connectivity index (χ2v) is 9.35. The number of carbonyl (C=O) groups excluding carboxylic acids is 2. The lowest BCUT2D eigenvalue weighted by Gasteiger charge is -2.20. The molecule has 0 fully saturated rings. The van der Waals surface area contributed by atoms with Crippen molar-refractivity contribution in [1.29, 1.82) is 0 Å². The average molecular weight is 528 g/mol. The Morgan fingerprint density at radius 1 is 1.03 bits per heavy atom. The van der Waals surface area contributed by atoms with Gasteiger partial charge in [0.2, 0.25) is 0 Å². The van der Waals surface area contributed by atoms with Gasteiger partial charge in [-0.05, 0) is 52.3 Å². The van der Waals surface area contributed by atoms with Crippen molar-refractivity contribution in [3.05, 3.63) is 64.6 Å². The molecule has 0 aliphatic carbocycles. The lowest BCUT2D eigenvalue weighted by atomic mass is 10.2. The second kappa shape index (κ2) is 9.93. The van der Waals surface area contributed by atoms with Gasteiger partial charge in [0.25, 0.3) is 5.91 Å². The van der Waals surface area contributed by atoms with Crippen LogP contribution in [0, 0.1) is 19.7 Å². The van der Waals surface area contributed by atoms with E-state index in [1.807, 2.05) is 0 Å². The van der Waals surface area contributed by atoms with Gasteiger partial charge in [-0.1, -0.05) is 11.6 Å². The predicted molar refractivity (Wildman–Crippen MR) is 133 cm³/mol. The molecular formula is C23H23ClFN9O3. The maximum absolute atomic E-state index is 14.5. The SMILES string of the molecule is Cc1cc(F)c(NC(=O)OC(C)(C)C)nc1-n1ncc(C(=O)Nc2cnc(-n3nccn3)c(Cl)c2)c1C. The molecule has 2 N–H and O–H groups in total. The van der Waals surface area contributed by atoms with Crippen molar-refractivity contribution >= 4 is 35.1 Å². The summed E-state index contributed by atoms with van der Waals surface area (Å²) in [5.41, 5.74) is 0.674. The molecule has 4 aromatic heterocycles. The van der Waals surface area contributed by atoms with E-state index in [0.717, 1.165) is 0 Å². The van der Waals surface area contributed by atoms with Gasteiger partial charge in [-0.2, -0.15) is 15.3 Å². The summed E-state index contributed by atoms with van der Waals surface area (Å²) in [6.45, 7) is 8.35. The highest BCUT2D eigenvalue weighted by Gasteiger charge is 2.22. The van der Waals surface area contributed by atoms with Gasteiger partial charge in [0.1, 0.15) is 5.60 Å². The highest BCUT2D eigenvalue weighted by Crippen LogP contribution is 2.24. The van der Waals surface area contributed by atoms with Crippen LogP contribution in [0.1, 0.15) is 42.4 Å². The van der Waals surface area contributed by atoms with E-state index in [4.69, 9.17) is 16.3 Å². The molecule has 0 radical (unpaired) electrons. The van der Waals surface area contributed by atoms with Crippen molar-refractivity contribution in [3.8, 4) is 11.6 Å². The lowest BCUT2D eigenvalue weighted by Crippen LogP contribution is -2.28. The summed E-state index contributed by atoms with van der Waals surface area (Å²) in [7, 11) is 0. The number of hydrogen-bond acceptors (Lipinski definition) is 8. The summed E-state index contributed by atoms with van der Waals surface area (Å²) in [4.78, 5) is 34.8. The molecule has 2 amide bonds. The zero-order valence-electron chi connectivity index (χ0n) is 20.6. The summed E-state index contributed by atoms with van der Waals surface area (Å²) in [6.07, 6.45) is 4.90. The van der Waals surface area contributed by atoms with Gasteiger partial charge in [-0.3, -0.25) is 10.1 Å². The summed E-state index contributed by atoms with van der Waals surface area (Å²) in [5, 5.41) is 17.5. The minimum Gasteiger partial charge on any atom is -0.444 e. The van der Waals surface area contributed by atoms with Gasteiger partial charge in [0.15, 0.2) is 23.3 Å². The van der Waals surface area contributed by atoms with Crippen LogP contribution in [0.5, 0.6) is 0 Å². The monoisotopic (exact) mass is 527 g/mol. The Morgan fingerprint density at radius 3 is 2.38 bits per heavy atom. The predicted octanol–water partition coefficient (Wildman–Crippen LogP) is 4.25. The smallest absolute Gasteiger partial charge is 0.413 e. The fraction of sp³-hybridized carbons (Fsp3) is 0.261. The first kappa shape index (κ1) is 25.7. The van der Waals surface area contributed by atoms with E-state index in [0.29, 0.717) is 22.8 Å². The summed E-state index contributed by atoms with van der Waals surface area (Å²) >= 11 is 6.27. The fourth-order valence-electron chi connectivity index (χ4n) is 3.29. The zero-order valence-corrected chi connectivity index (χ0v) is 21.3. The number of anilines is 2. The third-order valence-corrected chi connectivity index (χ3v) is 5.18. The summed E-state index contributed by atoms with van der Waals surface area (Å²) < 4.78 is 21.1. The number of aromatic nitrogens is 7. The van der Waals surface area contributed by atoms with Crippen molar-refractivity contribution in [2.75, 3.05) is 10.6 Å². The number of aryl methyl sites for hydroxylation is 1. The number of nitrogens with one attached hydrogen (secondary N) is 2. The molecule has 0 aliphatic heterocycles. The van der Waals surface area contributed by atoms with Crippen LogP contribution in [-0.2, 0) is 4.74 Å². The molecular weight excluding hydrogens is 505 g/mol. The Balaban J connectivity index is 1.57. The maximum Gasteiger partial charge on any atom is 0.413 e. The molecule has 0 aromatic carbocycles. The number of ether oxygens (including phenoxy) is 1. The number of halogens is 2. The van der Waals surface area contributed by atoms with E-state index in [-0.39, 0.29) is 22.2 Å². The minimum atomic E-state index is -0.854. The van der Waals surface area contributed by atoms with Gasteiger partial charge in [0.05, 0.1) is 46.8 Å². The van der Waals surface area contributed by atoms with Crippen molar-refractivity contribution in [2.24, 2.45) is 0 Å². The molecule has 12 nitrogen and oxygen atoms in total. The van der Waals surface area contributed by atoms with Gasteiger partial charge >= 0.3 is 6.09 Å². The second-order valence-electron chi connectivity index (χ2n) is 8.94. The number of carbonyl (C=O) groups is 2. The normalized spacial score (nSPS) is 11.3. The third-order valence-electron chi connectivity index (χ3n) is 4.90. The molecule has 4 aromatic rings. The van der Waals surface area contributed by atoms with Crippen LogP contribution in [0.15, 0.2) is 36.9 Å². The maximum atomic E-state index is 14.5. The number of nitrogens with zero attached hydrogens (tertiary/aromatic N) is 7. The summed E-state index contributed by atoms with van der Waals surface area (Å²) in [5.74, 6) is -1.01. The Kier molecular flexibility index (Phi) is 6.90. The Labute approximate surface area is 215 Å². The van der Waals surface area contributed by atoms with Crippen LogP contribution in [0.25, 0.3) is 11.6 Å². The van der Waals surface area contributed by atoms with Gasteiger partial charge < -0.3 is 10.1 Å². The van der Waals surface area contributed by atoms with Crippen molar-refractivity contribution < 1.29 is 18.7 Å². The van der Waals surface area contributed by atoms with Crippen LogP contribution in [0.4, 0.5) is 20.7 Å². The largest absolute Gasteiger partial charge is 0.444 e. The number of rotatable bonds is 5. The quantitative estimate of drug-likeness (QED) is 0.392. The molecule has 192 valence electrons. The third kappa shape index (κ3) is 5.72. The minimum absolute atomic E-state index is 0.227. The Morgan fingerprint density at radius 2 is 1.73 bits per heavy atom. The first-order chi connectivity index (χ1) is 17.4. The van der Waals surface area contributed by atoms with E-state index >= 15 is 0 Å². The van der Waals surface area contributed by atoms with Gasteiger partial charge in [-0.15, -0.1) is 4.80 Å². The molecule has 0 unspecified atom stereocenters. The van der Waals surface area contributed by atoms with Crippen LogP contribution < -0.4 is 10.6 Å². The highest BCUT2D eigenvalue weighted by atomic mass is 35.5. The molecule has 0 bridgehead atoms. The Bertz CT molecular complexity index is 1480. The molecule has 14 heteroatoms. The lowest BCUT2D eigenvalue weighted by molar-refractivity contribution is 0.0634. The molecule has 4 rings (SSSR count). The molecule has 37 heavy (non-hydrogen) atoms. The van der Waals surface area contributed by atoms with E-state index in [2.05, 4.69) is 35.9 Å².